The average Bonchev–Trinajstić information content (AvgIpc) is 2.77. The molecule has 1 heterocycles. The van der Waals surface area contributed by atoms with Crippen LogP contribution in [0.4, 0.5) is 0 Å². The quantitative estimate of drug-likeness (QED) is 0.450. The maximum Gasteiger partial charge on any atom is 0.318 e. The fraction of sp³-hybridized carbons (Fsp3) is 0.333. The maximum absolute atomic E-state index is 12.0. The molecule has 1 aliphatic heterocycles. The summed E-state index contributed by atoms with van der Waals surface area (Å²) in [5.74, 6) is -0.146. The number of hydrogen-bond acceptors (Lipinski definition) is 3. The normalized spacial score (nSPS) is 42.0. The summed E-state index contributed by atoms with van der Waals surface area (Å²) in [5.41, 5.74) is 2.56. The van der Waals surface area contributed by atoms with Gasteiger partial charge in [0.15, 0.2) is 0 Å². The molecule has 21 heavy (non-hydrogen) atoms. The van der Waals surface area contributed by atoms with Crippen molar-refractivity contribution >= 4 is 17.5 Å². The van der Waals surface area contributed by atoms with Crippen LogP contribution in [0, 0.1) is 35.5 Å². The summed E-state index contributed by atoms with van der Waals surface area (Å²) in [4.78, 5) is 24.0. The van der Waals surface area contributed by atoms with Crippen molar-refractivity contribution in [1.29, 1.82) is 0 Å². The molecule has 1 saturated carbocycles. The van der Waals surface area contributed by atoms with E-state index in [1.54, 1.807) is 0 Å². The van der Waals surface area contributed by atoms with E-state index in [4.69, 9.17) is 4.74 Å². The van der Waals surface area contributed by atoms with Gasteiger partial charge in [0.05, 0.1) is 11.8 Å². The van der Waals surface area contributed by atoms with Crippen LogP contribution in [-0.4, -0.2) is 11.9 Å². The molecule has 4 aliphatic carbocycles. The number of cyclic esters (lactones) is 2. The third-order valence-electron chi connectivity index (χ3n) is 5.63. The lowest BCUT2D eigenvalue weighted by atomic mass is 9.47. The van der Waals surface area contributed by atoms with E-state index in [-0.39, 0.29) is 35.6 Å². The van der Waals surface area contributed by atoms with Crippen LogP contribution in [-0.2, 0) is 14.3 Å². The average molecular weight is 278 g/mol. The number of carbonyl (C=O) groups is 2. The third kappa shape index (κ3) is 1.29. The van der Waals surface area contributed by atoms with E-state index in [9.17, 15) is 9.59 Å². The first-order valence-corrected chi connectivity index (χ1v) is 7.47. The molecular formula is C18H14O3. The second-order valence-electron chi connectivity index (χ2n) is 6.42. The standard InChI is InChI=1S/C18H14O3/c19-17-15-10-6-7-11(16(15)18(20)21-17)14-12(8-13(10)14)9-4-2-1-3-5-9/h1-8,10-11,13-16H/t10-,11-,13+,14-,15+,16+/m0/s1. The second-order valence-corrected chi connectivity index (χ2v) is 6.42. The lowest BCUT2D eigenvalue weighted by Crippen LogP contribution is -2.52. The number of hydrogen-bond donors (Lipinski definition) is 0. The Balaban J connectivity index is 1.59. The lowest BCUT2D eigenvalue weighted by molar-refractivity contribution is -0.154. The molecule has 1 aromatic carbocycles. The van der Waals surface area contributed by atoms with E-state index in [1.165, 1.54) is 11.1 Å². The largest absolute Gasteiger partial charge is 0.393 e. The highest BCUT2D eigenvalue weighted by Crippen LogP contribution is 2.62. The summed E-state index contributed by atoms with van der Waals surface area (Å²) in [6, 6.07) is 10.3. The Morgan fingerprint density at radius 3 is 2.19 bits per heavy atom. The van der Waals surface area contributed by atoms with Crippen molar-refractivity contribution in [3.8, 4) is 0 Å². The van der Waals surface area contributed by atoms with Crippen LogP contribution in [0.25, 0.3) is 5.57 Å². The molecule has 3 nitrogen and oxygen atoms in total. The van der Waals surface area contributed by atoms with Gasteiger partial charge in [0.25, 0.3) is 0 Å². The SMILES string of the molecule is O=C1OC(=O)[C@@H]2[C@H]3C=C[C@@H]([C@H]4C=C(c5ccccc5)[C@@H]43)[C@@H]12. The van der Waals surface area contributed by atoms with Gasteiger partial charge in [-0.3, -0.25) is 9.59 Å². The summed E-state index contributed by atoms with van der Waals surface area (Å²) in [7, 11) is 0. The molecule has 0 aromatic heterocycles. The van der Waals surface area contributed by atoms with E-state index >= 15 is 0 Å². The maximum atomic E-state index is 12.0. The molecule has 0 N–H and O–H groups in total. The molecule has 6 rings (SSSR count). The molecule has 5 aliphatic rings. The van der Waals surface area contributed by atoms with E-state index < -0.39 is 0 Å². The molecule has 6 atom stereocenters. The number of rotatable bonds is 1. The van der Waals surface area contributed by atoms with Crippen molar-refractivity contribution in [2.45, 2.75) is 0 Å². The highest BCUT2D eigenvalue weighted by molar-refractivity contribution is 5.98. The zero-order valence-electron chi connectivity index (χ0n) is 11.3. The predicted molar refractivity (Wildman–Crippen MR) is 75.6 cm³/mol. The Bertz CT molecular complexity index is 715. The first-order chi connectivity index (χ1) is 10.3. The van der Waals surface area contributed by atoms with E-state index in [2.05, 4.69) is 30.4 Å². The van der Waals surface area contributed by atoms with Crippen LogP contribution in [0.2, 0.25) is 0 Å². The second kappa shape index (κ2) is 3.73. The van der Waals surface area contributed by atoms with Crippen LogP contribution in [0.3, 0.4) is 0 Å². The topological polar surface area (TPSA) is 43.4 Å². The van der Waals surface area contributed by atoms with Gasteiger partial charge in [0, 0.05) is 0 Å². The van der Waals surface area contributed by atoms with Crippen molar-refractivity contribution in [3.63, 3.8) is 0 Å². The fourth-order valence-electron chi connectivity index (χ4n) is 4.77. The smallest absolute Gasteiger partial charge is 0.318 e. The van der Waals surface area contributed by atoms with Crippen LogP contribution < -0.4 is 0 Å². The van der Waals surface area contributed by atoms with Gasteiger partial charge in [-0.1, -0.05) is 48.6 Å². The van der Waals surface area contributed by atoms with Gasteiger partial charge in [0.1, 0.15) is 0 Å². The van der Waals surface area contributed by atoms with Gasteiger partial charge < -0.3 is 4.74 Å². The van der Waals surface area contributed by atoms with E-state index in [1.807, 2.05) is 18.2 Å². The predicted octanol–water partition coefficient (Wildman–Crippen LogP) is 2.45. The zero-order valence-corrected chi connectivity index (χ0v) is 11.3. The molecule has 3 heteroatoms. The molecule has 1 saturated heterocycles. The number of esters is 2. The van der Waals surface area contributed by atoms with Crippen molar-refractivity contribution in [1.82, 2.24) is 0 Å². The van der Waals surface area contributed by atoms with E-state index in [0.717, 1.165) is 0 Å². The minimum atomic E-state index is -0.317. The first kappa shape index (κ1) is 11.5. The highest BCUT2D eigenvalue weighted by atomic mass is 16.6. The van der Waals surface area contributed by atoms with Crippen LogP contribution in [0.5, 0.6) is 0 Å². The summed E-state index contributed by atoms with van der Waals surface area (Å²) in [5, 5.41) is 0. The van der Waals surface area contributed by atoms with Crippen molar-refractivity contribution in [3.05, 3.63) is 54.1 Å². The molecule has 104 valence electrons. The number of carbonyl (C=O) groups excluding carboxylic acids is 2. The highest BCUT2D eigenvalue weighted by Gasteiger charge is 2.63. The Morgan fingerprint density at radius 2 is 1.43 bits per heavy atom. The summed E-state index contributed by atoms with van der Waals surface area (Å²) >= 11 is 0. The van der Waals surface area contributed by atoms with Gasteiger partial charge in [0.2, 0.25) is 0 Å². The number of benzene rings is 1. The van der Waals surface area contributed by atoms with Crippen molar-refractivity contribution in [2.75, 3.05) is 0 Å². The van der Waals surface area contributed by atoms with Crippen molar-refractivity contribution < 1.29 is 14.3 Å². The number of ether oxygens (including phenoxy) is 1. The Labute approximate surface area is 122 Å². The zero-order chi connectivity index (χ0) is 14.1. The Morgan fingerprint density at radius 1 is 0.762 bits per heavy atom. The fourth-order valence-corrected chi connectivity index (χ4v) is 4.77. The summed E-state index contributed by atoms with van der Waals surface area (Å²) < 4.78 is 4.91. The summed E-state index contributed by atoms with van der Waals surface area (Å²) in [6.45, 7) is 0. The van der Waals surface area contributed by atoms with Crippen LogP contribution in [0.15, 0.2) is 48.6 Å². The Hall–Kier alpha value is -2.16. The van der Waals surface area contributed by atoms with Gasteiger partial charge in [-0.05, 0) is 34.8 Å². The molecular weight excluding hydrogens is 264 g/mol. The van der Waals surface area contributed by atoms with Gasteiger partial charge in [-0.15, -0.1) is 0 Å². The monoisotopic (exact) mass is 278 g/mol. The van der Waals surface area contributed by atoms with E-state index in [0.29, 0.717) is 11.8 Å². The van der Waals surface area contributed by atoms with Gasteiger partial charge in [-0.25, -0.2) is 0 Å². The number of allylic oxidation sites excluding steroid dienone is 4. The molecule has 2 bridgehead atoms. The van der Waals surface area contributed by atoms with Gasteiger partial charge in [-0.2, -0.15) is 0 Å². The first-order valence-electron chi connectivity index (χ1n) is 7.47. The minimum absolute atomic E-state index is 0.115. The van der Waals surface area contributed by atoms with Gasteiger partial charge >= 0.3 is 11.9 Å². The summed E-state index contributed by atoms with van der Waals surface area (Å²) in [6.07, 6.45) is 6.56. The molecule has 0 unspecified atom stereocenters. The molecule has 2 fully saturated rings. The molecule has 0 radical (unpaired) electrons. The van der Waals surface area contributed by atoms with Crippen molar-refractivity contribution in [2.24, 2.45) is 35.5 Å². The minimum Gasteiger partial charge on any atom is -0.393 e. The van der Waals surface area contributed by atoms with Crippen LogP contribution >= 0.6 is 0 Å². The molecule has 0 spiro atoms. The van der Waals surface area contributed by atoms with Crippen LogP contribution in [0.1, 0.15) is 5.56 Å². The lowest BCUT2D eigenvalue weighted by Gasteiger charge is -2.54. The molecule has 0 amide bonds. The Kier molecular flexibility index (Phi) is 2.04. The molecule has 1 aromatic rings. The third-order valence-corrected chi connectivity index (χ3v) is 5.63.